The molecule has 82 valence electrons. The van der Waals surface area contributed by atoms with E-state index in [0.29, 0.717) is 13.2 Å². The second kappa shape index (κ2) is 4.51. The van der Waals surface area contributed by atoms with Crippen LogP contribution in [0.5, 0.6) is 11.5 Å². The summed E-state index contributed by atoms with van der Waals surface area (Å²) in [5.74, 6) is 1.57. The van der Waals surface area contributed by atoms with Crippen LogP contribution in [-0.2, 0) is 0 Å². The summed E-state index contributed by atoms with van der Waals surface area (Å²) in [7, 11) is 1.88. The molecular weight excluding hydrogens is 194 g/mol. The average Bonchev–Trinajstić information content (AvgIpc) is 2.72. The van der Waals surface area contributed by atoms with E-state index in [1.165, 1.54) is 0 Å². The Morgan fingerprint density at radius 2 is 2.20 bits per heavy atom. The molecule has 0 spiro atoms. The van der Waals surface area contributed by atoms with E-state index in [9.17, 15) is 0 Å². The first kappa shape index (κ1) is 10.3. The molecule has 1 aliphatic heterocycles. The number of nitrogens with one attached hydrogen (secondary N) is 1. The minimum atomic E-state index is 0.157. The van der Waals surface area contributed by atoms with Gasteiger partial charge in [-0.05, 0) is 31.2 Å². The highest BCUT2D eigenvalue weighted by Crippen LogP contribution is 2.34. The van der Waals surface area contributed by atoms with Crippen molar-refractivity contribution in [2.75, 3.05) is 20.4 Å². The maximum absolute atomic E-state index is 8.93. The van der Waals surface area contributed by atoms with Gasteiger partial charge in [0, 0.05) is 12.6 Å². The third-order valence-electron chi connectivity index (χ3n) is 2.57. The summed E-state index contributed by atoms with van der Waals surface area (Å²) in [6.45, 7) is 0.461. The highest BCUT2D eigenvalue weighted by Gasteiger charge is 2.16. The van der Waals surface area contributed by atoms with Gasteiger partial charge in [-0.1, -0.05) is 6.07 Å². The van der Waals surface area contributed by atoms with E-state index in [1.807, 2.05) is 25.2 Å². The third-order valence-corrected chi connectivity index (χ3v) is 2.57. The lowest BCUT2D eigenvalue weighted by molar-refractivity contribution is 0.174. The van der Waals surface area contributed by atoms with Crippen molar-refractivity contribution in [3.63, 3.8) is 0 Å². The first-order chi connectivity index (χ1) is 7.35. The summed E-state index contributed by atoms with van der Waals surface area (Å²) in [5, 5.41) is 12.1. The van der Waals surface area contributed by atoms with Crippen LogP contribution in [-0.4, -0.2) is 25.6 Å². The van der Waals surface area contributed by atoms with Gasteiger partial charge < -0.3 is 19.9 Å². The molecule has 1 unspecified atom stereocenters. The smallest absolute Gasteiger partial charge is 0.231 e. The molecule has 0 fully saturated rings. The summed E-state index contributed by atoms with van der Waals surface area (Å²) in [4.78, 5) is 0. The van der Waals surface area contributed by atoms with E-state index in [0.717, 1.165) is 17.1 Å². The SMILES string of the molecule is CNC(CCO)c1ccc2c(c1)OCO2. The predicted octanol–water partition coefficient (Wildman–Crippen LogP) is 1.06. The van der Waals surface area contributed by atoms with Gasteiger partial charge in [-0.3, -0.25) is 0 Å². The number of benzene rings is 1. The van der Waals surface area contributed by atoms with Crippen LogP contribution in [0.4, 0.5) is 0 Å². The molecule has 0 aromatic heterocycles. The van der Waals surface area contributed by atoms with Crippen LogP contribution in [0.3, 0.4) is 0 Å². The molecule has 2 N–H and O–H groups in total. The van der Waals surface area contributed by atoms with E-state index in [1.54, 1.807) is 0 Å². The minimum absolute atomic E-state index is 0.157. The van der Waals surface area contributed by atoms with E-state index in [4.69, 9.17) is 14.6 Å². The molecule has 0 amide bonds. The number of hydrogen-bond acceptors (Lipinski definition) is 4. The summed E-state index contributed by atoms with van der Waals surface area (Å²) in [5.41, 5.74) is 1.11. The van der Waals surface area contributed by atoms with E-state index in [2.05, 4.69) is 5.32 Å². The normalized spacial score (nSPS) is 15.3. The Kier molecular flexibility index (Phi) is 3.08. The number of hydrogen-bond donors (Lipinski definition) is 2. The lowest BCUT2D eigenvalue weighted by Gasteiger charge is -2.15. The first-order valence-electron chi connectivity index (χ1n) is 5.03. The molecule has 1 atom stereocenters. The monoisotopic (exact) mass is 209 g/mol. The van der Waals surface area contributed by atoms with Crippen LogP contribution in [0, 0.1) is 0 Å². The topological polar surface area (TPSA) is 50.7 Å². The van der Waals surface area contributed by atoms with Crippen molar-refractivity contribution in [1.29, 1.82) is 0 Å². The molecule has 1 aliphatic rings. The fourth-order valence-corrected chi connectivity index (χ4v) is 1.74. The number of fused-ring (bicyclic) bond motifs is 1. The molecule has 0 bridgehead atoms. The fourth-order valence-electron chi connectivity index (χ4n) is 1.74. The van der Waals surface area contributed by atoms with Crippen LogP contribution in [0.15, 0.2) is 18.2 Å². The third kappa shape index (κ3) is 2.06. The molecule has 2 rings (SSSR count). The quantitative estimate of drug-likeness (QED) is 0.778. The standard InChI is InChI=1S/C11H15NO3/c1-12-9(4-5-13)8-2-3-10-11(6-8)15-7-14-10/h2-3,6,9,12-13H,4-5,7H2,1H3. The zero-order valence-electron chi connectivity index (χ0n) is 8.69. The van der Waals surface area contributed by atoms with Gasteiger partial charge in [0.15, 0.2) is 11.5 Å². The van der Waals surface area contributed by atoms with Gasteiger partial charge in [0.25, 0.3) is 0 Å². The van der Waals surface area contributed by atoms with Crippen molar-refractivity contribution in [2.24, 2.45) is 0 Å². The van der Waals surface area contributed by atoms with Crippen LogP contribution < -0.4 is 14.8 Å². The predicted molar refractivity (Wildman–Crippen MR) is 56.1 cm³/mol. The Hall–Kier alpha value is -1.26. The molecule has 1 heterocycles. The Bertz CT molecular complexity index is 341. The van der Waals surface area contributed by atoms with Crippen molar-refractivity contribution in [1.82, 2.24) is 5.32 Å². The minimum Gasteiger partial charge on any atom is -0.454 e. The highest BCUT2D eigenvalue weighted by atomic mass is 16.7. The number of ether oxygens (including phenoxy) is 2. The van der Waals surface area contributed by atoms with Gasteiger partial charge in [0.05, 0.1) is 0 Å². The van der Waals surface area contributed by atoms with Gasteiger partial charge in [-0.25, -0.2) is 0 Å². The molecular formula is C11H15NO3. The molecule has 0 saturated carbocycles. The molecule has 1 aromatic carbocycles. The van der Waals surface area contributed by atoms with Gasteiger partial charge in [0.2, 0.25) is 6.79 Å². The van der Waals surface area contributed by atoms with E-state index < -0.39 is 0 Å². The maximum Gasteiger partial charge on any atom is 0.231 e. The molecule has 0 saturated heterocycles. The van der Waals surface area contributed by atoms with Gasteiger partial charge >= 0.3 is 0 Å². The molecule has 4 nitrogen and oxygen atoms in total. The lowest BCUT2D eigenvalue weighted by atomic mass is 10.0. The Balaban J connectivity index is 2.20. The Labute approximate surface area is 88.8 Å². The summed E-state index contributed by atoms with van der Waals surface area (Å²) < 4.78 is 10.5. The molecule has 4 heteroatoms. The largest absolute Gasteiger partial charge is 0.454 e. The first-order valence-corrected chi connectivity index (χ1v) is 5.03. The van der Waals surface area contributed by atoms with Crippen molar-refractivity contribution in [3.05, 3.63) is 23.8 Å². The van der Waals surface area contributed by atoms with Crippen molar-refractivity contribution in [2.45, 2.75) is 12.5 Å². The second-order valence-corrected chi connectivity index (χ2v) is 3.47. The Morgan fingerprint density at radius 1 is 1.40 bits per heavy atom. The zero-order valence-corrected chi connectivity index (χ0v) is 8.69. The molecule has 0 aliphatic carbocycles. The summed E-state index contributed by atoms with van der Waals surface area (Å²) in [6, 6.07) is 6.01. The number of aliphatic hydroxyl groups is 1. The maximum atomic E-state index is 8.93. The highest BCUT2D eigenvalue weighted by molar-refractivity contribution is 5.45. The summed E-state index contributed by atoms with van der Waals surface area (Å²) in [6.07, 6.45) is 0.691. The van der Waals surface area contributed by atoms with Gasteiger partial charge in [-0.2, -0.15) is 0 Å². The van der Waals surface area contributed by atoms with Crippen LogP contribution in [0.1, 0.15) is 18.0 Å². The molecule has 15 heavy (non-hydrogen) atoms. The van der Waals surface area contributed by atoms with Crippen molar-refractivity contribution in [3.8, 4) is 11.5 Å². The van der Waals surface area contributed by atoms with Crippen LogP contribution >= 0.6 is 0 Å². The van der Waals surface area contributed by atoms with Gasteiger partial charge in [0.1, 0.15) is 0 Å². The summed E-state index contributed by atoms with van der Waals surface area (Å²) >= 11 is 0. The average molecular weight is 209 g/mol. The van der Waals surface area contributed by atoms with Crippen LogP contribution in [0.25, 0.3) is 0 Å². The number of rotatable bonds is 4. The second-order valence-electron chi connectivity index (χ2n) is 3.47. The lowest BCUT2D eigenvalue weighted by Crippen LogP contribution is -2.17. The fraction of sp³-hybridized carbons (Fsp3) is 0.455. The zero-order chi connectivity index (χ0) is 10.7. The number of aliphatic hydroxyl groups excluding tert-OH is 1. The van der Waals surface area contributed by atoms with Gasteiger partial charge in [-0.15, -0.1) is 0 Å². The van der Waals surface area contributed by atoms with E-state index in [-0.39, 0.29) is 12.6 Å². The van der Waals surface area contributed by atoms with Crippen molar-refractivity contribution < 1.29 is 14.6 Å². The Morgan fingerprint density at radius 3 is 2.93 bits per heavy atom. The van der Waals surface area contributed by atoms with E-state index >= 15 is 0 Å². The van der Waals surface area contributed by atoms with Crippen molar-refractivity contribution >= 4 is 0 Å². The molecule has 0 radical (unpaired) electrons. The van der Waals surface area contributed by atoms with Crippen LogP contribution in [0.2, 0.25) is 0 Å². The molecule has 1 aromatic rings.